The van der Waals surface area contributed by atoms with Gasteiger partial charge in [-0.25, -0.2) is 4.79 Å². The fraction of sp³-hybridized carbons (Fsp3) is 0.0714. The summed E-state index contributed by atoms with van der Waals surface area (Å²) in [5.74, 6) is -1.35. The minimum atomic E-state index is -2.13. The average molecular weight is 243 g/mol. The van der Waals surface area contributed by atoms with E-state index in [0.29, 0.717) is 0 Å². The molecule has 0 saturated carbocycles. The van der Waals surface area contributed by atoms with Crippen LogP contribution in [0.2, 0.25) is 0 Å². The molecule has 0 aliphatic heterocycles. The molecule has 0 bridgehead atoms. The number of hydrogen-bond acceptors (Lipinski definition) is 3. The van der Waals surface area contributed by atoms with Crippen molar-refractivity contribution < 1.29 is 15.0 Å². The van der Waals surface area contributed by atoms with E-state index in [0.717, 1.165) is 0 Å². The summed E-state index contributed by atoms with van der Waals surface area (Å²) in [5.41, 5.74) is 4.31. The van der Waals surface area contributed by atoms with Crippen molar-refractivity contribution in [2.75, 3.05) is 5.73 Å². The molecule has 0 aliphatic rings. The Balaban J connectivity index is 2.67. The Bertz CT molecular complexity index is 568. The second-order valence-electron chi connectivity index (χ2n) is 3.97. The summed E-state index contributed by atoms with van der Waals surface area (Å²) in [6, 6.07) is 14.6. The Labute approximate surface area is 104 Å². The van der Waals surface area contributed by atoms with Crippen molar-refractivity contribution in [1.82, 2.24) is 0 Å². The number of benzene rings is 2. The molecule has 0 radical (unpaired) electrons. The van der Waals surface area contributed by atoms with Gasteiger partial charge in [-0.2, -0.15) is 0 Å². The molecule has 2 rings (SSSR count). The van der Waals surface area contributed by atoms with Crippen molar-refractivity contribution >= 4 is 11.7 Å². The number of aliphatic hydroxyl groups is 1. The molecule has 92 valence electrons. The lowest BCUT2D eigenvalue weighted by Crippen LogP contribution is -2.37. The highest BCUT2D eigenvalue weighted by Gasteiger charge is 2.41. The van der Waals surface area contributed by atoms with E-state index in [-0.39, 0.29) is 16.8 Å². The van der Waals surface area contributed by atoms with E-state index >= 15 is 0 Å². The van der Waals surface area contributed by atoms with Crippen LogP contribution in [-0.4, -0.2) is 16.2 Å². The van der Waals surface area contributed by atoms with Crippen molar-refractivity contribution in [1.29, 1.82) is 0 Å². The molecule has 2 aromatic carbocycles. The minimum absolute atomic E-state index is 0.170. The van der Waals surface area contributed by atoms with Gasteiger partial charge in [0.05, 0.1) is 0 Å². The van der Waals surface area contributed by atoms with E-state index < -0.39 is 11.6 Å². The standard InChI is InChI=1S/C14H13NO3/c15-12-9-5-4-8-11(12)14(18,13(16)17)10-6-2-1-3-7-10/h1-9,18H,15H2,(H,16,17). The molecule has 4 heteroatoms. The van der Waals surface area contributed by atoms with Gasteiger partial charge in [0.25, 0.3) is 0 Å². The molecule has 4 nitrogen and oxygen atoms in total. The summed E-state index contributed by atoms with van der Waals surface area (Å²) in [5, 5.41) is 19.9. The van der Waals surface area contributed by atoms with Crippen LogP contribution in [0.25, 0.3) is 0 Å². The van der Waals surface area contributed by atoms with Crippen LogP contribution in [0.15, 0.2) is 54.6 Å². The van der Waals surface area contributed by atoms with E-state index in [1.165, 1.54) is 6.07 Å². The van der Waals surface area contributed by atoms with E-state index in [1.807, 2.05) is 0 Å². The van der Waals surface area contributed by atoms with Crippen LogP contribution in [-0.2, 0) is 10.4 Å². The number of hydrogen-bond donors (Lipinski definition) is 3. The molecule has 2 aromatic rings. The zero-order valence-corrected chi connectivity index (χ0v) is 9.58. The van der Waals surface area contributed by atoms with E-state index in [1.54, 1.807) is 48.5 Å². The largest absolute Gasteiger partial charge is 0.479 e. The van der Waals surface area contributed by atoms with E-state index in [2.05, 4.69) is 0 Å². The van der Waals surface area contributed by atoms with Crippen molar-refractivity contribution in [3.8, 4) is 0 Å². The van der Waals surface area contributed by atoms with Crippen LogP contribution in [0.5, 0.6) is 0 Å². The lowest BCUT2D eigenvalue weighted by Gasteiger charge is -2.25. The number of nitrogen functional groups attached to an aromatic ring is 1. The first-order valence-electron chi connectivity index (χ1n) is 5.43. The normalized spacial score (nSPS) is 13.8. The summed E-state index contributed by atoms with van der Waals surface area (Å²) >= 11 is 0. The number of carbonyl (C=O) groups is 1. The maximum Gasteiger partial charge on any atom is 0.345 e. The van der Waals surface area contributed by atoms with E-state index in [4.69, 9.17) is 5.73 Å². The fourth-order valence-electron chi connectivity index (χ4n) is 1.90. The van der Waals surface area contributed by atoms with Crippen LogP contribution in [0.1, 0.15) is 11.1 Å². The number of nitrogens with two attached hydrogens (primary N) is 1. The molecule has 18 heavy (non-hydrogen) atoms. The van der Waals surface area contributed by atoms with Gasteiger partial charge < -0.3 is 15.9 Å². The van der Waals surface area contributed by atoms with E-state index in [9.17, 15) is 15.0 Å². The highest BCUT2D eigenvalue weighted by atomic mass is 16.4. The maximum atomic E-state index is 11.5. The topological polar surface area (TPSA) is 83.5 Å². The van der Waals surface area contributed by atoms with Crippen LogP contribution in [0, 0.1) is 0 Å². The maximum absolute atomic E-state index is 11.5. The van der Waals surface area contributed by atoms with Gasteiger partial charge >= 0.3 is 5.97 Å². The summed E-state index contributed by atoms with van der Waals surface area (Å²) in [7, 11) is 0. The van der Waals surface area contributed by atoms with Crippen molar-refractivity contribution in [2.45, 2.75) is 5.60 Å². The molecule has 0 saturated heterocycles. The fourth-order valence-corrected chi connectivity index (χ4v) is 1.90. The lowest BCUT2D eigenvalue weighted by atomic mass is 9.85. The molecule has 0 amide bonds. The number of carboxylic acids is 1. The number of aliphatic carboxylic acids is 1. The molecule has 0 spiro atoms. The lowest BCUT2D eigenvalue weighted by molar-refractivity contribution is -0.155. The highest BCUT2D eigenvalue weighted by molar-refractivity contribution is 5.85. The molecule has 1 unspecified atom stereocenters. The summed E-state index contributed by atoms with van der Waals surface area (Å²) in [6.45, 7) is 0. The smallest absolute Gasteiger partial charge is 0.345 e. The summed E-state index contributed by atoms with van der Waals surface area (Å²) in [6.07, 6.45) is 0. The van der Waals surface area contributed by atoms with Crippen molar-refractivity contribution in [2.24, 2.45) is 0 Å². The molecule has 0 aromatic heterocycles. The highest BCUT2D eigenvalue weighted by Crippen LogP contribution is 2.33. The van der Waals surface area contributed by atoms with Crippen LogP contribution in [0.4, 0.5) is 5.69 Å². The molecule has 4 N–H and O–H groups in total. The first-order valence-corrected chi connectivity index (χ1v) is 5.43. The van der Waals surface area contributed by atoms with Crippen LogP contribution >= 0.6 is 0 Å². The Kier molecular flexibility index (Phi) is 3.04. The molecule has 1 atom stereocenters. The van der Waals surface area contributed by atoms with Gasteiger partial charge in [-0.15, -0.1) is 0 Å². The third kappa shape index (κ3) is 1.83. The number of para-hydroxylation sites is 1. The zero-order valence-electron chi connectivity index (χ0n) is 9.58. The molecule has 0 heterocycles. The SMILES string of the molecule is Nc1ccccc1C(O)(C(=O)O)c1ccccc1. The molecule has 0 fully saturated rings. The first kappa shape index (κ1) is 12.1. The van der Waals surface area contributed by atoms with Gasteiger partial charge in [0.1, 0.15) is 0 Å². The van der Waals surface area contributed by atoms with Crippen LogP contribution in [0.3, 0.4) is 0 Å². The summed E-state index contributed by atoms with van der Waals surface area (Å²) < 4.78 is 0. The molecular weight excluding hydrogens is 230 g/mol. The van der Waals surface area contributed by atoms with Crippen molar-refractivity contribution in [3.05, 3.63) is 65.7 Å². The zero-order chi connectivity index (χ0) is 13.2. The molecular formula is C14H13NO3. The first-order chi connectivity index (χ1) is 8.56. The predicted molar refractivity (Wildman–Crippen MR) is 67.9 cm³/mol. The Morgan fingerprint density at radius 2 is 1.56 bits per heavy atom. The number of rotatable bonds is 3. The van der Waals surface area contributed by atoms with Gasteiger partial charge in [-0.05, 0) is 11.6 Å². The van der Waals surface area contributed by atoms with Crippen molar-refractivity contribution in [3.63, 3.8) is 0 Å². The third-order valence-corrected chi connectivity index (χ3v) is 2.85. The average Bonchev–Trinajstić information content (AvgIpc) is 2.39. The Morgan fingerprint density at radius 3 is 2.11 bits per heavy atom. The van der Waals surface area contributed by atoms with Gasteiger partial charge in [-0.1, -0.05) is 48.5 Å². The van der Waals surface area contributed by atoms with Gasteiger partial charge in [0.2, 0.25) is 5.60 Å². The number of anilines is 1. The third-order valence-electron chi connectivity index (χ3n) is 2.85. The van der Waals surface area contributed by atoms with Gasteiger partial charge in [0.15, 0.2) is 0 Å². The Morgan fingerprint density at radius 1 is 1.00 bits per heavy atom. The second-order valence-corrected chi connectivity index (χ2v) is 3.97. The van der Waals surface area contributed by atoms with Gasteiger partial charge in [0, 0.05) is 11.3 Å². The van der Waals surface area contributed by atoms with Gasteiger partial charge in [-0.3, -0.25) is 0 Å². The van der Waals surface area contributed by atoms with Crippen LogP contribution < -0.4 is 5.73 Å². The predicted octanol–water partition coefficient (Wildman–Crippen LogP) is 1.59. The minimum Gasteiger partial charge on any atom is -0.479 e. The Hall–Kier alpha value is -2.33. The number of carboxylic acid groups (broad SMARTS) is 1. The second kappa shape index (κ2) is 4.50. The molecule has 0 aliphatic carbocycles. The summed E-state index contributed by atoms with van der Waals surface area (Å²) in [4.78, 5) is 11.5. The monoisotopic (exact) mass is 243 g/mol. The quantitative estimate of drug-likeness (QED) is 0.715.